The molecule has 2 aliphatic heterocycles. The zero-order chi connectivity index (χ0) is 21.2. The van der Waals surface area contributed by atoms with Gasteiger partial charge in [-0.1, -0.05) is 0 Å². The van der Waals surface area contributed by atoms with Crippen molar-refractivity contribution < 1.29 is 9.63 Å². The summed E-state index contributed by atoms with van der Waals surface area (Å²) in [5.74, 6) is 1.86. The van der Waals surface area contributed by atoms with E-state index in [0.717, 1.165) is 17.9 Å². The second-order valence-electron chi connectivity index (χ2n) is 7.62. The predicted molar refractivity (Wildman–Crippen MR) is 109 cm³/mol. The van der Waals surface area contributed by atoms with Crippen LogP contribution in [0.25, 0.3) is 5.95 Å². The minimum Gasteiger partial charge on any atom is -0.341 e. The van der Waals surface area contributed by atoms with E-state index >= 15 is 0 Å². The fourth-order valence-corrected chi connectivity index (χ4v) is 4.08. The van der Waals surface area contributed by atoms with Crippen molar-refractivity contribution in [3.8, 4) is 5.95 Å². The van der Waals surface area contributed by atoms with Crippen LogP contribution >= 0.6 is 0 Å². The van der Waals surface area contributed by atoms with Gasteiger partial charge in [0.25, 0.3) is 0 Å². The number of aromatic nitrogens is 7. The largest absolute Gasteiger partial charge is 0.341 e. The van der Waals surface area contributed by atoms with Crippen molar-refractivity contribution in [3.63, 3.8) is 0 Å². The number of aryl methyl sites for hydroxylation is 1. The maximum Gasteiger partial charge on any atom is 0.250 e. The van der Waals surface area contributed by atoms with Crippen molar-refractivity contribution >= 4 is 11.9 Å². The van der Waals surface area contributed by atoms with E-state index in [4.69, 9.17) is 4.84 Å². The molecular formula is C20H23N9O2. The lowest BCUT2D eigenvalue weighted by molar-refractivity contribution is -0.182. The highest BCUT2D eigenvalue weighted by atomic mass is 16.7. The maximum atomic E-state index is 13.2. The zero-order valence-electron chi connectivity index (χ0n) is 17.2. The smallest absolute Gasteiger partial charge is 0.250 e. The summed E-state index contributed by atoms with van der Waals surface area (Å²) < 4.78 is 1.82. The van der Waals surface area contributed by atoms with Crippen LogP contribution in [0.4, 0.5) is 5.95 Å². The number of hydrogen-bond acceptors (Lipinski definition) is 9. The van der Waals surface area contributed by atoms with Crippen LogP contribution in [0.1, 0.15) is 36.8 Å². The van der Waals surface area contributed by atoms with Gasteiger partial charge in [0.2, 0.25) is 17.8 Å². The number of rotatable bonds is 4. The maximum absolute atomic E-state index is 13.2. The molecule has 160 valence electrons. The molecule has 0 unspecified atom stereocenters. The third kappa shape index (κ3) is 3.83. The highest BCUT2D eigenvalue weighted by Crippen LogP contribution is 2.32. The molecule has 2 aliphatic rings. The monoisotopic (exact) mass is 421 g/mol. The third-order valence-electron chi connectivity index (χ3n) is 5.76. The molecule has 11 nitrogen and oxygen atoms in total. The molecule has 0 bridgehead atoms. The predicted octanol–water partition coefficient (Wildman–Crippen LogP) is 1.28. The van der Waals surface area contributed by atoms with Gasteiger partial charge in [0.1, 0.15) is 18.2 Å². The van der Waals surface area contributed by atoms with Gasteiger partial charge in [-0.2, -0.15) is 4.98 Å². The SMILES string of the molecule is Cc1nccn1-c1ncnc(N2CCC(C(=O)N3OCC[C@H]3c3cnccn3)CC2)n1. The second-order valence-corrected chi connectivity index (χ2v) is 7.62. The van der Waals surface area contributed by atoms with Crippen LogP contribution in [0.2, 0.25) is 0 Å². The third-order valence-corrected chi connectivity index (χ3v) is 5.76. The number of carbonyl (C=O) groups is 1. The van der Waals surface area contributed by atoms with Gasteiger partial charge in [-0.25, -0.2) is 20.0 Å². The highest BCUT2D eigenvalue weighted by molar-refractivity contribution is 5.78. The lowest BCUT2D eigenvalue weighted by atomic mass is 9.95. The fourth-order valence-electron chi connectivity index (χ4n) is 4.08. The Balaban J connectivity index is 1.25. The number of hydroxylamine groups is 2. The normalized spacial score (nSPS) is 19.7. The summed E-state index contributed by atoms with van der Waals surface area (Å²) in [4.78, 5) is 46.8. The first kappa shape index (κ1) is 19.5. The van der Waals surface area contributed by atoms with Crippen LogP contribution in [-0.2, 0) is 9.63 Å². The van der Waals surface area contributed by atoms with Gasteiger partial charge >= 0.3 is 0 Å². The zero-order valence-corrected chi connectivity index (χ0v) is 17.2. The van der Waals surface area contributed by atoms with E-state index < -0.39 is 0 Å². The number of imidazole rings is 1. The minimum absolute atomic E-state index is 0.0122. The van der Waals surface area contributed by atoms with Crippen molar-refractivity contribution in [1.29, 1.82) is 0 Å². The summed E-state index contributed by atoms with van der Waals surface area (Å²) in [6.45, 7) is 3.78. The lowest BCUT2D eigenvalue weighted by Gasteiger charge is -2.33. The molecule has 31 heavy (non-hydrogen) atoms. The van der Waals surface area contributed by atoms with E-state index in [1.807, 2.05) is 17.7 Å². The molecule has 0 aliphatic carbocycles. The average Bonchev–Trinajstić information content (AvgIpc) is 3.49. The van der Waals surface area contributed by atoms with Crippen LogP contribution < -0.4 is 4.90 Å². The Morgan fingerprint density at radius 3 is 2.61 bits per heavy atom. The van der Waals surface area contributed by atoms with E-state index in [2.05, 4.69) is 34.8 Å². The molecule has 1 atom stereocenters. The van der Waals surface area contributed by atoms with Crippen LogP contribution in [0.15, 0.2) is 37.3 Å². The van der Waals surface area contributed by atoms with Crippen LogP contribution in [0.3, 0.4) is 0 Å². The summed E-state index contributed by atoms with van der Waals surface area (Å²) >= 11 is 0. The molecule has 11 heteroatoms. The Morgan fingerprint density at radius 2 is 1.87 bits per heavy atom. The van der Waals surface area contributed by atoms with Crippen molar-refractivity contribution in [3.05, 3.63) is 48.8 Å². The summed E-state index contributed by atoms with van der Waals surface area (Å²) in [7, 11) is 0. The molecule has 1 amide bonds. The molecule has 5 rings (SSSR count). The Morgan fingerprint density at radius 1 is 1.03 bits per heavy atom. The standard InChI is InChI=1S/C20H23N9O2/c1-14-22-7-10-28(14)20-25-13-24-19(26-20)27-8-2-15(3-9-27)18(30)29-17(4-11-31-29)16-12-21-5-6-23-16/h5-7,10,12-13,15,17H,2-4,8-9,11H2,1H3/t17-/m0/s1. The first-order valence-electron chi connectivity index (χ1n) is 10.4. The molecule has 0 spiro atoms. The Bertz CT molecular complexity index is 1050. The molecule has 5 heterocycles. The molecule has 3 aromatic heterocycles. The van der Waals surface area contributed by atoms with Gasteiger partial charge in [-0.3, -0.25) is 24.2 Å². The highest BCUT2D eigenvalue weighted by Gasteiger charge is 2.38. The molecular weight excluding hydrogens is 398 g/mol. The van der Waals surface area contributed by atoms with E-state index in [1.165, 1.54) is 11.4 Å². The van der Waals surface area contributed by atoms with Gasteiger partial charge in [0.15, 0.2) is 0 Å². The van der Waals surface area contributed by atoms with E-state index in [1.54, 1.807) is 24.8 Å². The number of piperidine rings is 1. The summed E-state index contributed by atoms with van der Waals surface area (Å²) in [6.07, 6.45) is 12.2. The van der Waals surface area contributed by atoms with Crippen LogP contribution in [0, 0.1) is 12.8 Å². The van der Waals surface area contributed by atoms with Crippen molar-refractivity contribution in [1.82, 2.24) is 39.5 Å². The van der Waals surface area contributed by atoms with E-state index in [0.29, 0.717) is 44.4 Å². The number of anilines is 1. The van der Waals surface area contributed by atoms with Gasteiger partial charge < -0.3 is 4.90 Å². The van der Waals surface area contributed by atoms with E-state index in [9.17, 15) is 4.79 Å². The van der Waals surface area contributed by atoms with Gasteiger partial charge in [-0.05, 0) is 19.8 Å². The van der Waals surface area contributed by atoms with Crippen LogP contribution in [0.5, 0.6) is 0 Å². The molecule has 0 saturated carbocycles. The fraction of sp³-hybridized carbons (Fsp3) is 0.450. The quantitative estimate of drug-likeness (QED) is 0.614. The summed E-state index contributed by atoms with van der Waals surface area (Å²) in [5.41, 5.74) is 0.762. The molecule has 2 saturated heterocycles. The molecule has 2 fully saturated rings. The van der Waals surface area contributed by atoms with Gasteiger partial charge in [0.05, 0.1) is 18.5 Å². The first-order valence-corrected chi connectivity index (χ1v) is 10.4. The van der Waals surface area contributed by atoms with Gasteiger partial charge in [0, 0.05) is 50.2 Å². The van der Waals surface area contributed by atoms with Crippen molar-refractivity contribution in [2.24, 2.45) is 5.92 Å². The van der Waals surface area contributed by atoms with Crippen LogP contribution in [-0.4, -0.2) is 65.1 Å². The second kappa shape index (κ2) is 8.34. The minimum atomic E-state index is -0.177. The van der Waals surface area contributed by atoms with E-state index in [-0.39, 0.29) is 17.9 Å². The number of amides is 1. The Kier molecular flexibility index (Phi) is 5.24. The van der Waals surface area contributed by atoms with Gasteiger partial charge in [-0.15, -0.1) is 0 Å². The molecule has 3 aromatic rings. The number of carbonyl (C=O) groups excluding carboxylic acids is 1. The summed E-state index contributed by atoms with van der Waals surface area (Å²) in [6, 6.07) is -0.177. The Labute approximate surface area is 179 Å². The lowest BCUT2D eigenvalue weighted by Crippen LogP contribution is -2.42. The summed E-state index contributed by atoms with van der Waals surface area (Å²) in [5, 5.41) is 1.51. The Hall–Kier alpha value is -3.47. The average molecular weight is 421 g/mol. The van der Waals surface area contributed by atoms with Crippen molar-refractivity contribution in [2.45, 2.75) is 32.2 Å². The molecule has 0 N–H and O–H groups in total. The molecule has 0 radical (unpaired) electrons. The topological polar surface area (TPSA) is 115 Å². The number of hydrogen-bond donors (Lipinski definition) is 0. The van der Waals surface area contributed by atoms with Crippen molar-refractivity contribution in [2.75, 3.05) is 24.6 Å². The first-order chi connectivity index (χ1) is 15.2. The molecule has 0 aromatic carbocycles. The number of nitrogens with zero attached hydrogens (tertiary/aromatic N) is 9.